The van der Waals surface area contributed by atoms with Crippen LogP contribution < -0.4 is 10.1 Å². The molecule has 2 rings (SSSR count). The molecule has 0 aliphatic rings. The molecule has 1 N–H and O–H groups in total. The monoisotopic (exact) mass is 298 g/mol. The second kappa shape index (κ2) is 6.07. The SMILES string of the molecule is COc1nnc(NC(=O)c2cnc(CC(C)C)s2)s1. The molecular formula is C11H14N4O2S2. The van der Waals surface area contributed by atoms with Crippen LogP contribution in [0.1, 0.15) is 28.5 Å². The highest BCUT2D eigenvalue weighted by Gasteiger charge is 2.14. The summed E-state index contributed by atoms with van der Waals surface area (Å²) in [7, 11) is 1.51. The van der Waals surface area contributed by atoms with Crippen LogP contribution in [-0.4, -0.2) is 28.2 Å². The summed E-state index contributed by atoms with van der Waals surface area (Å²) in [4.78, 5) is 16.8. The summed E-state index contributed by atoms with van der Waals surface area (Å²) in [5.41, 5.74) is 0. The molecule has 0 saturated carbocycles. The molecule has 102 valence electrons. The van der Waals surface area contributed by atoms with E-state index in [4.69, 9.17) is 4.74 Å². The molecule has 0 fully saturated rings. The number of methoxy groups -OCH3 is 1. The molecule has 0 spiro atoms. The lowest BCUT2D eigenvalue weighted by atomic mass is 10.1. The van der Waals surface area contributed by atoms with Crippen LogP contribution in [0.4, 0.5) is 5.13 Å². The van der Waals surface area contributed by atoms with Crippen molar-refractivity contribution in [1.29, 1.82) is 0 Å². The molecule has 0 aromatic carbocycles. The van der Waals surface area contributed by atoms with Gasteiger partial charge in [0, 0.05) is 6.42 Å². The molecule has 19 heavy (non-hydrogen) atoms. The average molecular weight is 298 g/mol. The van der Waals surface area contributed by atoms with Crippen molar-refractivity contribution in [2.24, 2.45) is 5.92 Å². The minimum atomic E-state index is -0.216. The lowest BCUT2D eigenvalue weighted by molar-refractivity contribution is 0.103. The predicted octanol–water partition coefficient (Wildman–Crippen LogP) is 2.45. The van der Waals surface area contributed by atoms with E-state index in [2.05, 4.69) is 34.3 Å². The molecule has 0 radical (unpaired) electrons. The third kappa shape index (κ3) is 3.71. The first-order chi connectivity index (χ1) is 9.08. The number of rotatable bonds is 5. The van der Waals surface area contributed by atoms with E-state index in [0.717, 1.165) is 11.4 Å². The highest BCUT2D eigenvalue weighted by atomic mass is 32.1. The second-order valence-corrected chi connectivity index (χ2v) is 6.30. The Morgan fingerprint density at radius 2 is 2.21 bits per heavy atom. The molecule has 0 atom stereocenters. The average Bonchev–Trinajstić information content (AvgIpc) is 2.97. The number of nitrogens with one attached hydrogen (secondary N) is 1. The maximum atomic E-state index is 12.0. The molecule has 0 bridgehead atoms. The standard InChI is InChI=1S/C11H14N4O2S2/c1-6(2)4-8-12-5-7(18-8)9(16)13-10-14-15-11(17-3)19-10/h5-6H,4H2,1-3H3,(H,13,14,16). The van der Waals surface area contributed by atoms with Gasteiger partial charge in [0.2, 0.25) is 5.13 Å². The molecule has 0 saturated heterocycles. The Morgan fingerprint density at radius 3 is 2.84 bits per heavy atom. The number of anilines is 1. The van der Waals surface area contributed by atoms with Crippen molar-refractivity contribution in [3.05, 3.63) is 16.1 Å². The third-order valence-corrected chi connectivity index (χ3v) is 3.98. The number of amides is 1. The number of thiazole rings is 1. The summed E-state index contributed by atoms with van der Waals surface area (Å²) in [5.74, 6) is 0.306. The van der Waals surface area contributed by atoms with E-state index < -0.39 is 0 Å². The van der Waals surface area contributed by atoms with Gasteiger partial charge in [-0.1, -0.05) is 18.9 Å². The zero-order valence-electron chi connectivity index (χ0n) is 10.8. The van der Waals surface area contributed by atoms with Crippen molar-refractivity contribution in [2.75, 3.05) is 12.4 Å². The van der Waals surface area contributed by atoms with Gasteiger partial charge in [-0.3, -0.25) is 10.1 Å². The molecular weight excluding hydrogens is 284 g/mol. The van der Waals surface area contributed by atoms with Crippen molar-refractivity contribution in [1.82, 2.24) is 15.2 Å². The lowest BCUT2D eigenvalue weighted by Gasteiger charge is -1.98. The summed E-state index contributed by atoms with van der Waals surface area (Å²) < 4.78 is 4.91. The number of aromatic nitrogens is 3. The quantitative estimate of drug-likeness (QED) is 0.917. The van der Waals surface area contributed by atoms with Crippen LogP contribution in [0.2, 0.25) is 0 Å². The fraction of sp³-hybridized carbons (Fsp3) is 0.455. The van der Waals surface area contributed by atoms with E-state index in [1.54, 1.807) is 6.20 Å². The van der Waals surface area contributed by atoms with Crippen LogP contribution in [0.5, 0.6) is 5.19 Å². The minimum Gasteiger partial charge on any atom is -0.472 e. The predicted molar refractivity (Wildman–Crippen MR) is 75.1 cm³/mol. The summed E-state index contributed by atoms with van der Waals surface area (Å²) in [6.45, 7) is 4.24. The maximum Gasteiger partial charge on any atom is 0.295 e. The van der Waals surface area contributed by atoms with Gasteiger partial charge in [0.1, 0.15) is 4.88 Å². The van der Waals surface area contributed by atoms with Crippen molar-refractivity contribution in [2.45, 2.75) is 20.3 Å². The van der Waals surface area contributed by atoms with Crippen molar-refractivity contribution >= 4 is 33.7 Å². The highest BCUT2D eigenvalue weighted by molar-refractivity contribution is 7.17. The normalized spacial score (nSPS) is 10.7. The largest absolute Gasteiger partial charge is 0.472 e. The van der Waals surface area contributed by atoms with Crippen molar-refractivity contribution < 1.29 is 9.53 Å². The number of hydrogen-bond donors (Lipinski definition) is 1. The first-order valence-electron chi connectivity index (χ1n) is 5.72. The van der Waals surface area contributed by atoms with Crippen LogP contribution >= 0.6 is 22.7 Å². The highest BCUT2D eigenvalue weighted by Crippen LogP contribution is 2.23. The molecule has 0 unspecified atom stereocenters. The molecule has 2 aromatic rings. The number of carbonyl (C=O) groups is 1. The van der Waals surface area contributed by atoms with Gasteiger partial charge < -0.3 is 4.74 Å². The molecule has 0 aliphatic heterocycles. The Bertz CT molecular complexity index is 565. The van der Waals surface area contributed by atoms with Gasteiger partial charge in [-0.05, 0) is 17.3 Å². The van der Waals surface area contributed by atoms with Crippen molar-refractivity contribution in [3.8, 4) is 5.19 Å². The maximum absolute atomic E-state index is 12.0. The van der Waals surface area contributed by atoms with Crippen LogP contribution in [0, 0.1) is 5.92 Å². The van der Waals surface area contributed by atoms with E-state index in [1.807, 2.05) is 0 Å². The molecule has 8 heteroatoms. The van der Waals surface area contributed by atoms with E-state index in [0.29, 0.717) is 21.1 Å². The van der Waals surface area contributed by atoms with Gasteiger partial charge in [-0.2, -0.15) is 0 Å². The van der Waals surface area contributed by atoms with Crippen LogP contribution in [0.25, 0.3) is 0 Å². The lowest BCUT2D eigenvalue weighted by Crippen LogP contribution is -2.09. The topological polar surface area (TPSA) is 77.0 Å². The Kier molecular flexibility index (Phi) is 4.43. The Morgan fingerprint density at radius 1 is 1.42 bits per heavy atom. The molecule has 1 amide bonds. The van der Waals surface area contributed by atoms with Crippen LogP contribution in [-0.2, 0) is 6.42 Å². The molecule has 2 heterocycles. The number of ether oxygens (including phenoxy) is 1. The smallest absolute Gasteiger partial charge is 0.295 e. The van der Waals surface area contributed by atoms with Crippen LogP contribution in [0.15, 0.2) is 6.20 Å². The molecule has 0 aliphatic carbocycles. The first kappa shape index (κ1) is 13.9. The third-order valence-electron chi connectivity index (χ3n) is 2.16. The first-order valence-corrected chi connectivity index (χ1v) is 7.35. The molecule has 6 nitrogen and oxygen atoms in total. The van der Waals surface area contributed by atoms with E-state index in [9.17, 15) is 4.79 Å². The van der Waals surface area contributed by atoms with E-state index >= 15 is 0 Å². The Labute approximate surface area is 118 Å². The van der Waals surface area contributed by atoms with Gasteiger partial charge in [0.15, 0.2) is 0 Å². The zero-order valence-corrected chi connectivity index (χ0v) is 12.5. The minimum absolute atomic E-state index is 0.216. The summed E-state index contributed by atoms with van der Waals surface area (Å²) in [6.07, 6.45) is 2.47. The van der Waals surface area contributed by atoms with Gasteiger partial charge in [-0.25, -0.2) is 4.98 Å². The summed E-state index contributed by atoms with van der Waals surface area (Å²) >= 11 is 2.58. The number of carbonyl (C=O) groups excluding carboxylic acids is 1. The van der Waals surface area contributed by atoms with Crippen LogP contribution in [0.3, 0.4) is 0 Å². The van der Waals surface area contributed by atoms with Gasteiger partial charge in [0.25, 0.3) is 11.1 Å². The fourth-order valence-corrected chi connectivity index (χ4v) is 2.94. The van der Waals surface area contributed by atoms with E-state index in [1.165, 1.54) is 29.8 Å². The van der Waals surface area contributed by atoms with Gasteiger partial charge >= 0.3 is 0 Å². The van der Waals surface area contributed by atoms with Crippen molar-refractivity contribution in [3.63, 3.8) is 0 Å². The Balaban J connectivity index is 2.01. The van der Waals surface area contributed by atoms with Gasteiger partial charge in [-0.15, -0.1) is 16.4 Å². The Hall–Kier alpha value is -1.54. The summed E-state index contributed by atoms with van der Waals surface area (Å²) in [5, 5.41) is 12.0. The van der Waals surface area contributed by atoms with Gasteiger partial charge in [0.05, 0.1) is 18.3 Å². The fourth-order valence-electron chi connectivity index (χ4n) is 1.36. The van der Waals surface area contributed by atoms with E-state index in [-0.39, 0.29) is 5.91 Å². The second-order valence-electron chi connectivity index (χ2n) is 4.25. The summed E-state index contributed by atoms with van der Waals surface area (Å²) in [6, 6.07) is 0. The molecule has 2 aromatic heterocycles. The number of nitrogens with zero attached hydrogens (tertiary/aromatic N) is 3. The zero-order chi connectivity index (χ0) is 13.8. The number of hydrogen-bond acceptors (Lipinski definition) is 7.